The van der Waals surface area contributed by atoms with Gasteiger partial charge in [-0.2, -0.15) is 0 Å². The summed E-state index contributed by atoms with van der Waals surface area (Å²) >= 11 is 1.30. The van der Waals surface area contributed by atoms with Gasteiger partial charge in [-0.15, -0.1) is 11.3 Å². The van der Waals surface area contributed by atoms with E-state index in [1.807, 2.05) is 18.4 Å². The van der Waals surface area contributed by atoms with Crippen LogP contribution >= 0.6 is 11.3 Å². The van der Waals surface area contributed by atoms with Gasteiger partial charge in [-0.05, 0) is 29.9 Å². The van der Waals surface area contributed by atoms with Crippen LogP contribution in [0.3, 0.4) is 0 Å². The zero-order chi connectivity index (χ0) is 27.6. The molecule has 0 spiro atoms. The predicted molar refractivity (Wildman–Crippen MR) is 148 cm³/mol. The van der Waals surface area contributed by atoms with Gasteiger partial charge < -0.3 is 24.9 Å². The molecule has 204 valence electrons. The van der Waals surface area contributed by atoms with E-state index in [0.29, 0.717) is 41.0 Å². The highest BCUT2D eigenvalue weighted by Crippen LogP contribution is 2.34. The van der Waals surface area contributed by atoms with Crippen molar-refractivity contribution in [2.24, 2.45) is 5.41 Å². The van der Waals surface area contributed by atoms with E-state index < -0.39 is 5.41 Å². The average molecular weight is 533 g/mol. The fourth-order valence-electron chi connectivity index (χ4n) is 4.55. The number of hydrogen-bond donors (Lipinski definition) is 3. The molecule has 0 saturated carbocycles. The van der Waals surface area contributed by atoms with Crippen molar-refractivity contribution in [3.63, 3.8) is 0 Å². The quantitative estimate of drug-likeness (QED) is 0.430. The Bertz CT molecular complexity index is 1040. The number of rotatable bonds is 9. The molecule has 2 amide bonds. The summed E-state index contributed by atoms with van der Waals surface area (Å²) in [7, 11) is 3.33. The Morgan fingerprint density at radius 3 is 2.11 bits per heavy atom. The summed E-state index contributed by atoms with van der Waals surface area (Å²) in [4.78, 5) is 39.1. The number of hydrogen-bond acceptors (Lipinski definition) is 6. The van der Waals surface area contributed by atoms with Crippen LogP contribution in [0.5, 0.6) is 0 Å². The standard InChI is InChI=1S/C20H31N3O5S.C8H10/c1-14-11-29-18(19(28)22(3)4)17(14)21-16(27)10-23(9-15(2)26)7-5-20(12-24,13-25)6-8-23;1-2-8-6-4-3-5-7-8/h11,24-25H,5-10,12-13H2,1-4H3;3-7H,2H2,1H3/p+1. The van der Waals surface area contributed by atoms with Crippen molar-refractivity contribution in [3.05, 3.63) is 51.7 Å². The molecule has 0 aliphatic carbocycles. The normalized spacial score (nSPS) is 15.8. The number of ketones is 1. The first-order valence-electron chi connectivity index (χ1n) is 12.7. The fraction of sp³-hybridized carbons (Fsp3) is 0.536. The third-order valence-corrected chi connectivity index (χ3v) is 8.12. The van der Waals surface area contributed by atoms with E-state index >= 15 is 0 Å². The molecule has 1 fully saturated rings. The van der Waals surface area contributed by atoms with Gasteiger partial charge in [-0.25, -0.2) is 0 Å². The van der Waals surface area contributed by atoms with Crippen LogP contribution in [0.15, 0.2) is 35.7 Å². The van der Waals surface area contributed by atoms with Crippen molar-refractivity contribution >= 4 is 34.6 Å². The summed E-state index contributed by atoms with van der Waals surface area (Å²) in [6.07, 6.45) is 2.23. The van der Waals surface area contributed by atoms with Gasteiger partial charge in [0.1, 0.15) is 11.4 Å². The monoisotopic (exact) mass is 532 g/mol. The first-order chi connectivity index (χ1) is 17.5. The molecule has 2 aromatic rings. The maximum atomic E-state index is 12.9. The third kappa shape index (κ3) is 8.46. The number of nitrogens with zero attached hydrogens (tertiary/aromatic N) is 2. The van der Waals surface area contributed by atoms with Gasteiger partial charge in [0.2, 0.25) is 0 Å². The summed E-state index contributed by atoms with van der Waals surface area (Å²) in [5.74, 6) is -0.422. The summed E-state index contributed by atoms with van der Waals surface area (Å²) in [5, 5.41) is 24.0. The Kier molecular flexibility index (Phi) is 11.4. The predicted octanol–water partition coefficient (Wildman–Crippen LogP) is 3.12. The molecule has 1 aliphatic rings. The van der Waals surface area contributed by atoms with Gasteiger partial charge in [0.15, 0.2) is 12.3 Å². The highest BCUT2D eigenvalue weighted by molar-refractivity contribution is 7.13. The molecule has 2 heterocycles. The highest BCUT2D eigenvalue weighted by atomic mass is 32.1. The molecule has 3 N–H and O–H groups in total. The first-order valence-corrected chi connectivity index (χ1v) is 13.6. The molecule has 0 atom stereocenters. The van der Waals surface area contributed by atoms with Gasteiger partial charge in [0.25, 0.3) is 11.8 Å². The van der Waals surface area contributed by atoms with E-state index in [1.54, 1.807) is 14.1 Å². The second kappa shape index (κ2) is 13.8. The van der Waals surface area contributed by atoms with Crippen LogP contribution in [0.2, 0.25) is 0 Å². The number of aliphatic hydroxyl groups excluding tert-OH is 2. The van der Waals surface area contributed by atoms with Crippen molar-refractivity contribution in [1.29, 1.82) is 0 Å². The lowest BCUT2D eigenvalue weighted by molar-refractivity contribution is -0.920. The van der Waals surface area contributed by atoms with Gasteiger partial charge in [0, 0.05) is 39.3 Å². The summed E-state index contributed by atoms with van der Waals surface area (Å²) < 4.78 is 0.295. The molecule has 1 aliphatic heterocycles. The second-order valence-corrected chi connectivity index (χ2v) is 11.2. The fourth-order valence-corrected chi connectivity index (χ4v) is 5.58. The molecule has 8 nitrogen and oxygen atoms in total. The Morgan fingerprint density at radius 2 is 1.65 bits per heavy atom. The summed E-state index contributed by atoms with van der Waals surface area (Å²) in [5.41, 5.74) is 2.21. The van der Waals surface area contributed by atoms with Crippen LogP contribution < -0.4 is 5.32 Å². The first kappa shape index (κ1) is 30.6. The lowest BCUT2D eigenvalue weighted by atomic mass is 9.79. The lowest BCUT2D eigenvalue weighted by Gasteiger charge is -2.46. The van der Waals surface area contributed by atoms with Gasteiger partial charge in [0.05, 0.1) is 32.0 Å². The van der Waals surface area contributed by atoms with E-state index in [9.17, 15) is 24.6 Å². The minimum atomic E-state index is -0.551. The number of anilines is 1. The number of carbonyl (C=O) groups is 3. The largest absolute Gasteiger partial charge is 0.396 e. The maximum absolute atomic E-state index is 12.9. The maximum Gasteiger partial charge on any atom is 0.279 e. The molecule has 0 radical (unpaired) electrons. The molecule has 0 bridgehead atoms. The summed E-state index contributed by atoms with van der Waals surface area (Å²) in [6, 6.07) is 10.5. The van der Waals surface area contributed by atoms with Gasteiger partial charge in [-0.1, -0.05) is 37.3 Å². The van der Waals surface area contributed by atoms with Crippen LogP contribution in [0.4, 0.5) is 5.69 Å². The SMILES string of the molecule is CC(=O)C[N+]1(CC(=O)Nc2c(C)csc2C(=O)N(C)C)CCC(CO)(CO)CC1.CCc1ccccc1. The Hall–Kier alpha value is -2.59. The number of nitrogens with one attached hydrogen (secondary N) is 1. The van der Waals surface area contributed by atoms with Crippen LogP contribution in [-0.2, 0) is 16.0 Å². The Balaban J connectivity index is 0.000000510. The number of quaternary nitrogens is 1. The highest BCUT2D eigenvalue weighted by Gasteiger charge is 2.43. The number of benzene rings is 1. The summed E-state index contributed by atoms with van der Waals surface area (Å²) in [6.45, 7) is 6.68. The molecule has 0 unspecified atom stereocenters. The van der Waals surface area contributed by atoms with Crippen LogP contribution in [0.25, 0.3) is 0 Å². The Labute approximate surface area is 224 Å². The van der Waals surface area contributed by atoms with E-state index in [-0.39, 0.29) is 43.9 Å². The van der Waals surface area contributed by atoms with Crippen molar-refractivity contribution in [1.82, 2.24) is 4.90 Å². The van der Waals surface area contributed by atoms with Crippen molar-refractivity contribution in [3.8, 4) is 0 Å². The van der Waals surface area contributed by atoms with Crippen molar-refractivity contribution in [2.45, 2.75) is 40.0 Å². The average Bonchev–Trinajstić information content (AvgIpc) is 3.24. The number of piperidine rings is 1. The number of amides is 2. The molecule has 1 aromatic heterocycles. The number of aliphatic hydroxyl groups is 2. The van der Waals surface area contributed by atoms with E-state index in [1.165, 1.54) is 28.7 Å². The number of Topliss-reactive ketones (excluding diaryl/α,β-unsaturated/α-hetero) is 1. The van der Waals surface area contributed by atoms with Crippen LogP contribution in [0, 0.1) is 12.3 Å². The molecular weight excluding hydrogens is 490 g/mol. The molecule has 9 heteroatoms. The number of likely N-dealkylation sites (tertiary alicyclic amines) is 1. The zero-order valence-electron chi connectivity index (χ0n) is 22.7. The van der Waals surface area contributed by atoms with Crippen molar-refractivity contribution < 1.29 is 29.1 Å². The van der Waals surface area contributed by atoms with Gasteiger partial charge in [-0.3, -0.25) is 14.4 Å². The zero-order valence-corrected chi connectivity index (χ0v) is 23.6. The van der Waals surface area contributed by atoms with E-state index in [2.05, 4.69) is 36.5 Å². The minimum Gasteiger partial charge on any atom is -0.396 e. The van der Waals surface area contributed by atoms with Crippen molar-refractivity contribution in [2.75, 3.05) is 58.8 Å². The minimum absolute atomic E-state index is 0.00603. The lowest BCUT2D eigenvalue weighted by Crippen LogP contribution is -2.61. The van der Waals surface area contributed by atoms with E-state index in [4.69, 9.17) is 0 Å². The molecular formula is C28H42N3O5S+. The van der Waals surface area contributed by atoms with Crippen LogP contribution in [0.1, 0.15) is 47.5 Å². The molecule has 1 aromatic carbocycles. The molecule has 1 saturated heterocycles. The number of thiophene rings is 1. The topological polar surface area (TPSA) is 107 Å². The number of aryl methyl sites for hydroxylation is 2. The third-order valence-electron chi connectivity index (χ3n) is 7.03. The van der Waals surface area contributed by atoms with Crippen LogP contribution in [-0.4, -0.2) is 90.7 Å². The molecule has 3 rings (SSSR count). The Morgan fingerprint density at radius 1 is 1.05 bits per heavy atom. The molecule has 37 heavy (non-hydrogen) atoms. The van der Waals surface area contributed by atoms with E-state index in [0.717, 1.165) is 12.0 Å². The second-order valence-electron chi connectivity index (χ2n) is 10.3. The van der Waals surface area contributed by atoms with Gasteiger partial charge >= 0.3 is 0 Å². The number of carbonyl (C=O) groups excluding carboxylic acids is 3. The smallest absolute Gasteiger partial charge is 0.279 e.